The maximum absolute atomic E-state index is 9.84. The lowest BCUT2D eigenvalue weighted by molar-refractivity contribution is 0.590. The van der Waals surface area contributed by atoms with E-state index in [-0.39, 0.29) is 5.41 Å². The van der Waals surface area contributed by atoms with Crippen molar-refractivity contribution < 1.29 is 0 Å². The van der Waals surface area contributed by atoms with Gasteiger partial charge in [0.25, 0.3) is 0 Å². The predicted molar refractivity (Wildman–Crippen MR) is 245 cm³/mol. The van der Waals surface area contributed by atoms with E-state index in [1.807, 2.05) is 12.1 Å². The molecule has 2 aliphatic rings. The van der Waals surface area contributed by atoms with Crippen LogP contribution in [0.25, 0.3) is 32.7 Å². The Morgan fingerprint density at radius 2 is 1.03 bits per heavy atom. The van der Waals surface area contributed by atoms with Crippen molar-refractivity contribution in [3.05, 3.63) is 228 Å². The molecule has 0 N–H and O–H groups in total. The monoisotopic (exact) mass is 755 g/mol. The zero-order valence-corrected chi connectivity index (χ0v) is 33.3. The van der Waals surface area contributed by atoms with Crippen LogP contribution >= 0.6 is 0 Å². The molecule has 1 aliphatic heterocycles. The van der Waals surface area contributed by atoms with Gasteiger partial charge in [-0.25, -0.2) is 0 Å². The summed E-state index contributed by atoms with van der Waals surface area (Å²) in [7, 11) is 0. The first-order chi connectivity index (χ1) is 28.9. The van der Waals surface area contributed by atoms with E-state index in [0.29, 0.717) is 5.56 Å². The average Bonchev–Trinajstić information content (AvgIpc) is 3.58. The summed E-state index contributed by atoms with van der Waals surface area (Å²) in [5.74, 6) is 0. The molecule has 0 saturated heterocycles. The number of rotatable bonds is 4. The molecule has 3 heteroatoms. The fraction of sp³-hybridized carbons (Fsp3) is 0.0893. The molecule has 9 aromatic carbocycles. The van der Waals surface area contributed by atoms with Gasteiger partial charge in [0.2, 0.25) is 0 Å². The van der Waals surface area contributed by atoms with Crippen LogP contribution in [0.4, 0.5) is 34.1 Å². The number of para-hydroxylation sites is 3. The molecular weight excluding hydrogens is 715 g/mol. The summed E-state index contributed by atoms with van der Waals surface area (Å²) in [4.78, 5) is 4.83. The van der Waals surface area contributed by atoms with Gasteiger partial charge >= 0.3 is 0 Å². The molecule has 0 aromatic heterocycles. The number of hydrogen-bond acceptors (Lipinski definition) is 3. The number of nitriles is 1. The molecule has 3 nitrogen and oxygen atoms in total. The molecule has 1 spiro atoms. The van der Waals surface area contributed by atoms with Gasteiger partial charge in [-0.3, -0.25) is 0 Å². The highest BCUT2D eigenvalue weighted by Crippen LogP contribution is 2.66. The second-order valence-electron chi connectivity index (χ2n) is 16.8. The van der Waals surface area contributed by atoms with Crippen LogP contribution in [0.15, 0.2) is 194 Å². The quantitative estimate of drug-likeness (QED) is 0.179. The Hall–Kier alpha value is -7.41. The molecule has 0 radical (unpaired) electrons. The van der Waals surface area contributed by atoms with Crippen LogP contribution in [0.3, 0.4) is 0 Å². The third-order valence-electron chi connectivity index (χ3n) is 12.6. The minimum Gasteiger partial charge on any atom is -0.310 e. The Morgan fingerprint density at radius 3 is 1.68 bits per heavy atom. The molecule has 0 saturated carbocycles. The first-order valence-corrected chi connectivity index (χ1v) is 20.4. The Kier molecular flexibility index (Phi) is 7.71. The van der Waals surface area contributed by atoms with E-state index in [0.717, 1.165) is 28.1 Å². The molecule has 280 valence electrons. The van der Waals surface area contributed by atoms with Crippen molar-refractivity contribution in [2.24, 2.45) is 0 Å². The van der Waals surface area contributed by atoms with Gasteiger partial charge in [0.1, 0.15) is 0 Å². The Bertz CT molecular complexity index is 3100. The Balaban J connectivity index is 1.30. The van der Waals surface area contributed by atoms with Crippen molar-refractivity contribution in [3.63, 3.8) is 0 Å². The van der Waals surface area contributed by atoms with Crippen LogP contribution in [0.2, 0.25) is 0 Å². The minimum absolute atomic E-state index is 0.00833. The largest absolute Gasteiger partial charge is 0.310 e. The molecule has 9 aromatic rings. The van der Waals surface area contributed by atoms with Crippen molar-refractivity contribution in [1.82, 2.24) is 0 Å². The van der Waals surface area contributed by atoms with E-state index in [1.54, 1.807) is 0 Å². The van der Waals surface area contributed by atoms with Gasteiger partial charge in [-0.05, 0) is 127 Å². The molecule has 1 heterocycles. The van der Waals surface area contributed by atoms with E-state index in [9.17, 15) is 5.26 Å². The Morgan fingerprint density at radius 1 is 0.492 bits per heavy atom. The summed E-state index contributed by atoms with van der Waals surface area (Å²) >= 11 is 0. The molecule has 59 heavy (non-hydrogen) atoms. The molecule has 0 fully saturated rings. The topological polar surface area (TPSA) is 30.3 Å². The van der Waals surface area contributed by atoms with E-state index >= 15 is 0 Å². The third kappa shape index (κ3) is 5.06. The second-order valence-corrected chi connectivity index (χ2v) is 16.8. The zero-order chi connectivity index (χ0) is 39.9. The lowest BCUT2D eigenvalue weighted by Crippen LogP contribution is -2.36. The lowest BCUT2D eigenvalue weighted by atomic mass is 9.64. The summed E-state index contributed by atoms with van der Waals surface area (Å²) in [6, 6.07) is 73.2. The van der Waals surface area contributed by atoms with Crippen molar-refractivity contribution in [2.45, 2.75) is 31.6 Å². The maximum atomic E-state index is 9.84. The fourth-order valence-corrected chi connectivity index (χ4v) is 10.0. The van der Waals surface area contributed by atoms with Gasteiger partial charge < -0.3 is 9.80 Å². The standard InChI is InChI=1S/C56H41N3/c1-55(2,3)39-28-32-42(33-29-39)58(41-30-25-37(36-57)26-31-41)52-35-49-54(45-20-10-9-19-44(45)52)53-43-18-8-7-15-38(43)27-34-48(53)56(49)46-21-11-13-23-50(46)59(40-16-5-4-6-17-40)51-24-14-12-22-47(51)56/h4-35H,1-3H3. The number of nitrogens with zero attached hydrogens (tertiary/aromatic N) is 3. The van der Waals surface area contributed by atoms with E-state index in [2.05, 4.69) is 219 Å². The van der Waals surface area contributed by atoms with Gasteiger partial charge in [-0.15, -0.1) is 0 Å². The van der Waals surface area contributed by atoms with E-state index < -0.39 is 5.41 Å². The van der Waals surface area contributed by atoms with Crippen LogP contribution in [0.1, 0.15) is 54.2 Å². The van der Waals surface area contributed by atoms with Crippen LogP contribution in [-0.4, -0.2) is 0 Å². The van der Waals surface area contributed by atoms with Gasteiger partial charge in [-0.1, -0.05) is 148 Å². The summed E-state index contributed by atoms with van der Waals surface area (Å²) in [6.07, 6.45) is 0. The Labute approximate surface area is 345 Å². The van der Waals surface area contributed by atoms with Crippen molar-refractivity contribution in [1.29, 1.82) is 5.26 Å². The average molecular weight is 756 g/mol. The first kappa shape index (κ1) is 34.8. The SMILES string of the molecule is CC(C)(C)c1ccc(N(c2ccc(C#N)cc2)c2cc3c(c4ccccc24)-c2c(ccc4ccccc24)C32c3ccccc3N(c3ccccc3)c3ccccc32)cc1. The third-order valence-corrected chi connectivity index (χ3v) is 12.6. The van der Waals surface area contributed by atoms with Gasteiger partial charge in [0, 0.05) is 22.4 Å². The molecule has 1 aliphatic carbocycles. The zero-order valence-electron chi connectivity index (χ0n) is 33.3. The summed E-state index contributed by atoms with van der Waals surface area (Å²) in [5, 5.41) is 14.7. The van der Waals surface area contributed by atoms with Crippen LogP contribution in [0.5, 0.6) is 0 Å². The molecule has 0 atom stereocenters. The number of anilines is 6. The van der Waals surface area contributed by atoms with E-state index in [4.69, 9.17) is 0 Å². The smallest absolute Gasteiger partial charge is 0.0991 e. The summed E-state index contributed by atoms with van der Waals surface area (Å²) in [5.41, 5.74) is 15.5. The maximum Gasteiger partial charge on any atom is 0.0991 e. The number of hydrogen-bond donors (Lipinski definition) is 0. The lowest BCUT2D eigenvalue weighted by Gasteiger charge is -2.45. The number of benzene rings is 9. The van der Waals surface area contributed by atoms with Crippen molar-refractivity contribution in [3.8, 4) is 17.2 Å². The molecule has 11 rings (SSSR count). The number of fused-ring (bicyclic) bond motifs is 13. The van der Waals surface area contributed by atoms with Crippen LogP contribution in [-0.2, 0) is 10.8 Å². The van der Waals surface area contributed by atoms with Crippen molar-refractivity contribution >= 4 is 55.7 Å². The highest BCUT2D eigenvalue weighted by Gasteiger charge is 2.53. The summed E-state index contributed by atoms with van der Waals surface area (Å²) in [6.45, 7) is 6.77. The molecule has 0 unspecified atom stereocenters. The van der Waals surface area contributed by atoms with Crippen LogP contribution < -0.4 is 9.80 Å². The molecular formula is C56H41N3. The van der Waals surface area contributed by atoms with Gasteiger partial charge in [0.05, 0.1) is 34.1 Å². The van der Waals surface area contributed by atoms with Gasteiger partial charge in [0.15, 0.2) is 0 Å². The minimum atomic E-state index is -0.654. The predicted octanol–water partition coefficient (Wildman–Crippen LogP) is 14.8. The highest BCUT2D eigenvalue weighted by molar-refractivity contribution is 6.16. The molecule has 0 amide bonds. The van der Waals surface area contributed by atoms with E-state index in [1.165, 1.54) is 66.5 Å². The highest BCUT2D eigenvalue weighted by atomic mass is 15.2. The van der Waals surface area contributed by atoms with Crippen molar-refractivity contribution in [2.75, 3.05) is 9.80 Å². The normalized spacial score (nSPS) is 13.4. The molecule has 0 bridgehead atoms. The first-order valence-electron chi connectivity index (χ1n) is 20.4. The van der Waals surface area contributed by atoms with Gasteiger partial charge in [-0.2, -0.15) is 5.26 Å². The fourth-order valence-electron chi connectivity index (χ4n) is 10.0. The van der Waals surface area contributed by atoms with Crippen LogP contribution in [0, 0.1) is 11.3 Å². The summed E-state index contributed by atoms with van der Waals surface area (Å²) < 4.78 is 0. The second kappa shape index (κ2) is 13.1.